The molecule has 0 aromatic heterocycles. The summed E-state index contributed by atoms with van der Waals surface area (Å²) in [6, 6.07) is 26.6. The van der Waals surface area contributed by atoms with Gasteiger partial charge in [0.2, 0.25) is 5.91 Å². The van der Waals surface area contributed by atoms with Crippen molar-refractivity contribution in [3.8, 4) is 5.75 Å². The van der Waals surface area contributed by atoms with Crippen LogP contribution in [0.2, 0.25) is 0 Å². The number of nitrogens with zero attached hydrogens (tertiary/aromatic N) is 1. The lowest BCUT2D eigenvalue weighted by Crippen LogP contribution is -2.51. The molecule has 0 unspecified atom stereocenters. The van der Waals surface area contributed by atoms with Crippen LogP contribution in [0.3, 0.4) is 0 Å². The summed E-state index contributed by atoms with van der Waals surface area (Å²) in [5.41, 5.74) is 5.91. The Morgan fingerprint density at radius 1 is 0.814 bits per heavy atom. The summed E-state index contributed by atoms with van der Waals surface area (Å²) in [6.07, 6.45) is 2.08. The number of rotatable bonds is 5. The third kappa shape index (κ3) is 3.82. The predicted molar refractivity (Wildman–Crippen MR) is 168 cm³/mol. The first-order valence-electron chi connectivity index (χ1n) is 14.5. The lowest BCUT2D eigenvalue weighted by molar-refractivity contribution is -0.121. The fourth-order valence-corrected chi connectivity index (χ4v) is 7.39. The number of methoxy groups -OCH3 is 1. The van der Waals surface area contributed by atoms with E-state index in [4.69, 9.17) is 4.74 Å². The molecule has 3 aliphatic heterocycles. The molecule has 4 aromatic rings. The summed E-state index contributed by atoms with van der Waals surface area (Å²) < 4.78 is 5.46. The number of para-hydroxylation sites is 1. The van der Waals surface area contributed by atoms with Crippen LogP contribution in [0.15, 0.2) is 97.1 Å². The number of anilines is 2. The number of carbonyl (C=O) groups is 3. The minimum atomic E-state index is -1.36. The monoisotopic (exact) mass is 568 g/mol. The molecular formula is C37H32N2O4. The Kier molecular flexibility index (Phi) is 6.13. The molecule has 1 spiro atoms. The number of fused-ring (bicyclic) bond motifs is 6. The van der Waals surface area contributed by atoms with Crippen molar-refractivity contribution in [1.82, 2.24) is 0 Å². The van der Waals surface area contributed by atoms with E-state index in [2.05, 4.69) is 17.5 Å². The highest BCUT2D eigenvalue weighted by atomic mass is 16.5. The van der Waals surface area contributed by atoms with Gasteiger partial charge in [0.25, 0.3) is 0 Å². The van der Waals surface area contributed by atoms with Crippen molar-refractivity contribution in [3.05, 3.63) is 130 Å². The van der Waals surface area contributed by atoms with Crippen LogP contribution in [-0.4, -0.2) is 36.7 Å². The summed E-state index contributed by atoms with van der Waals surface area (Å²) in [5, 5.41) is 3.09. The van der Waals surface area contributed by atoms with Crippen molar-refractivity contribution in [2.24, 2.45) is 5.92 Å². The zero-order valence-corrected chi connectivity index (χ0v) is 24.5. The Balaban J connectivity index is 1.55. The highest BCUT2D eigenvalue weighted by molar-refractivity contribution is 6.18. The summed E-state index contributed by atoms with van der Waals surface area (Å²) in [4.78, 5) is 46.4. The standard InChI is InChI=1S/C37H32N2O4/c1-21-12-15-24(16-13-21)35(41)33-32(34(40)25-8-7-9-26(20-25)43-4)37(28-10-5-6-11-29(28)38-36(37)42)31-19-23(3)27-18-22(2)14-17-30(27)39(31)33/h5-20,31-33H,1-4H3,(H,38,42)/t31-,32+,33+,37-/m1/s1. The second kappa shape index (κ2) is 9.80. The van der Waals surface area contributed by atoms with Crippen molar-refractivity contribution in [3.63, 3.8) is 0 Å². The van der Waals surface area contributed by atoms with Gasteiger partial charge in [-0.05, 0) is 62.2 Å². The molecule has 1 fully saturated rings. The number of hydrogen-bond acceptors (Lipinski definition) is 5. The van der Waals surface area contributed by atoms with Gasteiger partial charge in [-0.25, -0.2) is 0 Å². The Hall–Kier alpha value is -4.97. The molecule has 0 bridgehead atoms. The number of benzene rings is 4. The molecular weight excluding hydrogens is 536 g/mol. The average molecular weight is 569 g/mol. The molecule has 1 amide bonds. The molecule has 214 valence electrons. The minimum absolute atomic E-state index is 0.195. The Bertz CT molecular complexity index is 1860. The quantitative estimate of drug-likeness (QED) is 0.276. The molecule has 7 rings (SSSR count). The third-order valence-corrected chi connectivity index (χ3v) is 9.37. The largest absolute Gasteiger partial charge is 0.497 e. The topological polar surface area (TPSA) is 75.7 Å². The van der Waals surface area contributed by atoms with Crippen LogP contribution in [0.5, 0.6) is 5.75 Å². The summed E-state index contributed by atoms with van der Waals surface area (Å²) in [7, 11) is 1.55. The second-order valence-corrected chi connectivity index (χ2v) is 11.8. The first kappa shape index (κ1) is 26.9. The van der Waals surface area contributed by atoms with Crippen LogP contribution >= 0.6 is 0 Å². The van der Waals surface area contributed by atoms with Gasteiger partial charge >= 0.3 is 0 Å². The maximum atomic E-state index is 15.0. The van der Waals surface area contributed by atoms with Gasteiger partial charge in [0.05, 0.1) is 19.1 Å². The minimum Gasteiger partial charge on any atom is -0.497 e. The van der Waals surface area contributed by atoms with Gasteiger partial charge in [0.1, 0.15) is 17.2 Å². The normalized spacial score (nSPS) is 23.3. The van der Waals surface area contributed by atoms with Crippen molar-refractivity contribution in [2.45, 2.75) is 38.3 Å². The van der Waals surface area contributed by atoms with E-state index >= 15 is 0 Å². The fourth-order valence-electron chi connectivity index (χ4n) is 7.39. The van der Waals surface area contributed by atoms with Crippen LogP contribution in [0.1, 0.15) is 49.9 Å². The lowest BCUT2D eigenvalue weighted by atomic mass is 9.64. The molecule has 0 aliphatic carbocycles. The number of hydrogen-bond donors (Lipinski definition) is 1. The second-order valence-electron chi connectivity index (χ2n) is 11.8. The summed E-state index contributed by atoms with van der Waals surface area (Å²) in [5.74, 6) is -1.24. The number of allylic oxidation sites excluding steroid dienone is 1. The van der Waals surface area contributed by atoms with Gasteiger partial charge < -0.3 is 15.0 Å². The molecule has 1 saturated heterocycles. The number of amides is 1. The van der Waals surface area contributed by atoms with Gasteiger partial charge in [-0.1, -0.05) is 77.9 Å². The fraction of sp³-hybridized carbons (Fsp3) is 0.216. The van der Waals surface area contributed by atoms with Gasteiger partial charge in [0.15, 0.2) is 11.6 Å². The maximum Gasteiger partial charge on any atom is 0.238 e. The van der Waals surface area contributed by atoms with Gasteiger partial charge in [-0.2, -0.15) is 0 Å². The van der Waals surface area contributed by atoms with Gasteiger partial charge in [0, 0.05) is 28.1 Å². The maximum absolute atomic E-state index is 15.0. The smallest absolute Gasteiger partial charge is 0.238 e. The number of nitrogens with one attached hydrogen (secondary N) is 1. The lowest BCUT2D eigenvalue weighted by Gasteiger charge is -2.39. The van der Waals surface area contributed by atoms with E-state index in [0.29, 0.717) is 22.6 Å². The molecule has 6 nitrogen and oxygen atoms in total. The highest BCUT2D eigenvalue weighted by Crippen LogP contribution is 2.59. The zero-order valence-electron chi connectivity index (χ0n) is 24.5. The van der Waals surface area contributed by atoms with E-state index in [9.17, 15) is 14.4 Å². The van der Waals surface area contributed by atoms with Crippen LogP contribution in [0.25, 0.3) is 5.57 Å². The first-order valence-corrected chi connectivity index (χ1v) is 14.5. The predicted octanol–water partition coefficient (Wildman–Crippen LogP) is 6.56. The first-order chi connectivity index (χ1) is 20.7. The Morgan fingerprint density at radius 2 is 1.56 bits per heavy atom. The van der Waals surface area contributed by atoms with Gasteiger partial charge in [-0.3, -0.25) is 14.4 Å². The number of ether oxygens (including phenoxy) is 1. The van der Waals surface area contributed by atoms with Crippen molar-refractivity contribution in [1.29, 1.82) is 0 Å². The van der Waals surface area contributed by atoms with E-state index < -0.39 is 23.4 Å². The molecule has 4 aromatic carbocycles. The van der Waals surface area contributed by atoms with Crippen molar-refractivity contribution in [2.75, 3.05) is 17.3 Å². The Labute approximate surface area is 251 Å². The van der Waals surface area contributed by atoms with Crippen molar-refractivity contribution < 1.29 is 19.1 Å². The van der Waals surface area contributed by atoms with Gasteiger partial charge in [-0.15, -0.1) is 0 Å². The van der Waals surface area contributed by atoms with Crippen LogP contribution in [-0.2, 0) is 10.2 Å². The molecule has 1 N–H and O–H groups in total. The van der Waals surface area contributed by atoms with Crippen LogP contribution < -0.4 is 15.0 Å². The molecule has 0 radical (unpaired) electrons. The molecule has 6 heteroatoms. The number of Topliss-reactive ketones (excluding diaryl/α,β-unsaturated/α-hetero) is 2. The summed E-state index contributed by atoms with van der Waals surface area (Å²) in [6.45, 7) is 6.05. The van der Waals surface area contributed by atoms with E-state index in [1.165, 1.54) is 0 Å². The molecule has 3 aliphatic rings. The van der Waals surface area contributed by atoms with Crippen LogP contribution in [0.4, 0.5) is 11.4 Å². The molecule has 0 saturated carbocycles. The van der Waals surface area contributed by atoms with E-state index in [1.807, 2.05) is 86.3 Å². The zero-order chi connectivity index (χ0) is 30.0. The Morgan fingerprint density at radius 3 is 2.33 bits per heavy atom. The van der Waals surface area contributed by atoms with E-state index in [0.717, 1.165) is 33.5 Å². The number of ketones is 2. The average Bonchev–Trinajstić information content (AvgIpc) is 3.49. The number of carbonyl (C=O) groups excluding carboxylic acids is 3. The molecule has 3 heterocycles. The van der Waals surface area contributed by atoms with Crippen molar-refractivity contribution >= 4 is 34.4 Å². The third-order valence-electron chi connectivity index (χ3n) is 9.37. The van der Waals surface area contributed by atoms with Crippen LogP contribution in [0, 0.1) is 19.8 Å². The van der Waals surface area contributed by atoms with E-state index in [1.54, 1.807) is 31.4 Å². The highest BCUT2D eigenvalue weighted by Gasteiger charge is 2.70. The number of aryl methyl sites for hydroxylation is 2. The van der Waals surface area contributed by atoms with E-state index in [-0.39, 0.29) is 17.5 Å². The SMILES string of the molecule is COc1cccc(C(=O)[C@@H]2[C@@H](C(=O)c3ccc(C)cc3)N3c4ccc(C)cc4C(C)=C[C@@H]3[C@@]23C(=O)Nc2ccccc23)c1. The summed E-state index contributed by atoms with van der Waals surface area (Å²) >= 11 is 0. The molecule has 43 heavy (non-hydrogen) atoms. The molecule has 4 atom stereocenters.